The Balaban J connectivity index is 2.34. The summed E-state index contributed by atoms with van der Waals surface area (Å²) in [5, 5.41) is 11.8. The molecule has 98 valence electrons. The number of nitrogens with zero attached hydrogens (tertiary/aromatic N) is 4. The van der Waals surface area contributed by atoms with E-state index in [0.29, 0.717) is 23.5 Å². The second-order valence-corrected chi connectivity index (χ2v) is 4.99. The van der Waals surface area contributed by atoms with Crippen molar-refractivity contribution < 1.29 is 5.21 Å². The second kappa shape index (κ2) is 5.20. The minimum absolute atomic E-state index is 0.00695. The average Bonchev–Trinajstić information content (AvgIpc) is 3.19. The van der Waals surface area contributed by atoms with Crippen molar-refractivity contribution in [2.24, 2.45) is 16.8 Å². The molecule has 0 saturated heterocycles. The molecule has 0 amide bonds. The number of hydrogen-bond donors (Lipinski definition) is 2. The van der Waals surface area contributed by atoms with Crippen molar-refractivity contribution in [1.29, 1.82) is 0 Å². The molecule has 1 fully saturated rings. The lowest BCUT2D eigenvalue weighted by molar-refractivity contribution is 0.318. The zero-order valence-corrected chi connectivity index (χ0v) is 10.7. The third-order valence-corrected chi connectivity index (χ3v) is 2.85. The van der Waals surface area contributed by atoms with Crippen LogP contribution in [0.4, 0.5) is 5.82 Å². The van der Waals surface area contributed by atoms with E-state index in [2.05, 4.69) is 33.9 Å². The Morgan fingerprint density at radius 2 is 2.17 bits per heavy atom. The molecular weight excluding hydrogens is 230 g/mol. The van der Waals surface area contributed by atoms with Crippen LogP contribution >= 0.6 is 0 Å². The summed E-state index contributed by atoms with van der Waals surface area (Å²) < 4.78 is 0. The molecule has 1 aliphatic rings. The predicted molar refractivity (Wildman–Crippen MR) is 69.7 cm³/mol. The maximum Gasteiger partial charge on any atom is 0.192 e. The second-order valence-electron chi connectivity index (χ2n) is 4.99. The first kappa shape index (κ1) is 12.6. The van der Waals surface area contributed by atoms with Gasteiger partial charge in [-0.15, -0.1) is 0 Å². The summed E-state index contributed by atoms with van der Waals surface area (Å²) in [5.74, 6) is 1.24. The fraction of sp³-hybridized carbons (Fsp3) is 0.583. The van der Waals surface area contributed by atoms with Crippen molar-refractivity contribution in [3.63, 3.8) is 0 Å². The molecular formula is C12H19N5O. The molecule has 1 saturated carbocycles. The van der Waals surface area contributed by atoms with Gasteiger partial charge in [0.05, 0.1) is 0 Å². The summed E-state index contributed by atoms with van der Waals surface area (Å²) in [6.45, 7) is 5.22. The third kappa shape index (κ3) is 2.69. The van der Waals surface area contributed by atoms with E-state index in [0.717, 1.165) is 6.54 Å². The molecule has 0 atom stereocenters. The minimum atomic E-state index is 0.00695. The number of amidine groups is 1. The van der Waals surface area contributed by atoms with Crippen LogP contribution in [0.5, 0.6) is 0 Å². The van der Waals surface area contributed by atoms with Crippen molar-refractivity contribution in [2.75, 3.05) is 11.4 Å². The van der Waals surface area contributed by atoms with Crippen LogP contribution in [0.3, 0.4) is 0 Å². The van der Waals surface area contributed by atoms with Crippen LogP contribution in [0.2, 0.25) is 0 Å². The monoisotopic (exact) mass is 249 g/mol. The fourth-order valence-electron chi connectivity index (χ4n) is 1.96. The summed E-state index contributed by atoms with van der Waals surface area (Å²) in [4.78, 5) is 10.7. The first-order valence-corrected chi connectivity index (χ1v) is 6.19. The standard InChI is InChI=1S/C12H19N5O/c1-8(2)7-17(9-3-4-9)12-10(11(13)16-18)14-5-6-15-12/h5-6,8-9,18H,3-4,7H2,1-2H3,(H2,13,16). The first-order chi connectivity index (χ1) is 8.63. The lowest BCUT2D eigenvalue weighted by Crippen LogP contribution is -2.33. The molecule has 2 rings (SSSR count). The Kier molecular flexibility index (Phi) is 3.64. The molecule has 0 radical (unpaired) electrons. The highest BCUT2D eigenvalue weighted by Crippen LogP contribution is 2.32. The normalized spacial score (nSPS) is 16.1. The van der Waals surface area contributed by atoms with Gasteiger partial charge in [0.2, 0.25) is 0 Å². The summed E-state index contributed by atoms with van der Waals surface area (Å²) >= 11 is 0. The maximum absolute atomic E-state index is 8.81. The molecule has 0 unspecified atom stereocenters. The van der Waals surface area contributed by atoms with Crippen LogP contribution in [-0.2, 0) is 0 Å². The number of nitrogens with two attached hydrogens (primary N) is 1. The van der Waals surface area contributed by atoms with Gasteiger partial charge in [-0.05, 0) is 18.8 Å². The van der Waals surface area contributed by atoms with Crippen molar-refractivity contribution in [3.8, 4) is 0 Å². The van der Waals surface area contributed by atoms with Gasteiger partial charge in [0.15, 0.2) is 17.3 Å². The maximum atomic E-state index is 8.81. The molecule has 18 heavy (non-hydrogen) atoms. The molecule has 0 aromatic carbocycles. The van der Waals surface area contributed by atoms with Crippen molar-refractivity contribution in [1.82, 2.24) is 9.97 Å². The molecule has 1 aromatic heterocycles. The number of oxime groups is 1. The Hall–Kier alpha value is -1.85. The average molecular weight is 249 g/mol. The Bertz CT molecular complexity index is 442. The van der Waals surface area contributed by atoms with Crippen molar-refractivity contribution in [2.45, 2.75) is 32.7 Å². The van der Waals surface area contributed by atoms with Crippen LogP contribution in [0.25, 0.3) is 0 Å². The van der Waals surface area contributed by atoms with Gasteiger partial charge in [-0.2, -0.15) is 0 Å². The van der Waals surface area contributed by atoms with E-state index < -0.39 is 0 Å². The van der Waals surface area contributed by atoms with Gasteiger partial charge in [0, 0.05) is 25.0 Å². The zero-order valence-electron chi connectivity index (χ0n) is 10.7. The molecule has 6 heteroatoms. The van der Waals surface area contributed by atoms with Crippen LogP contribution in [0.15, 0.2) is 17.5 Å². The molecule has 1 heterocycles. The number of hydrogen-bond acceptors (Lipinski definition) is 5. The predicted octanol–water partition coefficient (Wildman–Crippen LogP) is 1.20. The van der Waals surface area contributed by atoms with Crippen molar-refractivity contribution >= 4 is 11.7 Å². The molecule has 0 aliphatic heterocycles. The molecule has 1 aromatic rings. The van der Waals surface area contributed by atoms with E-state index >= 15 is 0 Å². The SMILES string of the molecule is CC(C)CN(c1nccnc1/C(N)=N/O)C1CC1. The molecule has 0 spiro atoms. The van der Waals surface area contributed by atoms with Gasteiger partial charge < -0.3 is 15.8 Å². The van der Waals surface area contributed by atoms with Crippen LogP contribution in [0, 0.1) is 5.92 Å². The highest BCUT2D eigenvalue weighted by Gasteiger charge is 2.32. The number of aromatic nitrogens is 2. The summed E-state index contributed by atoms with van der Waals surface area (Å²) in [7, 11) is 0. The molecule has 6 nitrogen and oxygen atoms in total. The van der Waals surface area contributed by atoms with Gasteiger partial charge in [-0.25, -0.2) is 9.97 Å². The van der Waals surface area contributed by atoms with E-state index in [9.17, 15) is 0 Å². The molecule has 3 N–H and O–H groups in total. The zero-order chi connectivity index (χ0) is 13.1. The Morgan fingerprint density at radius 3 is 2.72 bits per heavy atom. The lowest BCUT2D eigenvalue weighted by Gasteiger charge is -2.26. The Morgan fingerprint density at radius 1 is 1.50 bits per heavy atom. The topological polar surface area (TPSA) is 87.6 Å². The molecule has 0 bridgehead atoms. The quantitative estimate of drug-likeness (QED) is 0.354. The number of rotatable bonds is 5. The van der Waals surface area contributed by atoms with Gasteiger partial charge in [-0.3, -0.25) is 0 Å². The van der Waals surface area contributed by atoms with E-state index in [-0.39, 0.29) is 5.84 Å². The Labute approximate surface area is 107 Å². The highest BCUT2D eigenvalue weighted by molar-refractivity contribution is 5.99. The van der Waals surface area contributed by atoms with Crippen molar-refractivity contribution in [3.05, 3.63) is 18.1 Å². The van der Waals surface area contributed by atoms with Crippen LogP contribution in [-0.4, -0.2) is 33.6 Å². The largest absolute Gasteiger partial charge is 0.409 e. The van der Waals surface area contributed by atoms with E-state index in [1.807, 2.05) is 0 Å². The summed E-state index contributed by atoms with van der Waals surface area (Å²) in [6, 6.07) is 0.509. The third-order valence-electron chi connectivity index (χ3n) is 2.85. The van der Waals surface area contributed by atoms with Crippen LogP contribution in [0.1, 0.15) is 32.4 Å². The van der Waals surface area contributed by atoms with Gasteiger partial charge in [0.1, 0.15) is 0 Å². The van der Waals surface area contributed by atoms with Gasteiger partial charge in [0.25, 0.3) is 0 Å². The van der Waals surface area contributed by atoms with Gasteiger partial charge in [-0.1, -0.05) is 19.0 Å². The number of anilines is 1. The van der Waals surface area contributed by atoms with E-state index in [1.54, 1.807) is 12.4 Å². The minimum Gasteiger partial charge on any atom is -0.409 e. The first-order valence-electron chi connectivity index (χ1n) is 6.19. The summed E-state index contributed by atoms with van der Waals surface area (Å²) in [6.07, 6.45) is 5.52. The summed E-state index contributed by atoms with van der Waals surface area (Å²) in [5.41, 5.74) is 6.11. The van der Waals surface area contributed by atoms with Gasteiger partial charge >= 0.3 is 0 Å². The smallest absolute Gasteiger partial charge is 0.192 e. The van der Waals surface area contributed by atoms with E-state index in [1.165, 1.54) is 12.8 Å². The highest BCUT2D eigenvalue weighted by atomic mass is 16.4. The lowest BCUT2D eigenvalue weighted by atomic mass is 10.2. The molecule has 1 aliphatic carbocycles. The fourth-order valence-corrected chi connectivity index (χ4v) is 1.96. The van der Waals surface area contributed by atoms with E-state index in [4.69, 9.17) is 10.9 Å². The van der Waals surface area contributed by atoms with Crippen LogP contribution < -0.4 is 10.6 Å².